The highest BCUT2D eigenvalue weighted by Crippen LogP contribution is 2.27. The van der Waals surface area contributed by atoms with Crippen LogP contribution in [0.4, 0.5) is 10.1 Å². The van der Waals surface area contributed by atoms with Crippen molar-refractivity contribution in [2.75, 3.05) is 18.4 Å². The van der Waals surface area contributed by atoms with E-state index in [1.54, 1.807) is 29.3 Å². The molecule has 1 aliphatic heterocycles. The maximum absolute atomic E-state index is 13.0. The van der Waals surface area contributed by atoms with E-state index < -0.39 is 0 Å². The van der Waals surface area contributed by atoms with Gasteiger partial charge in [-0.1, -0.05) is 6.07 Å². The van der Waals surface area contributed by atoms with Crippen LogP contribution in [0.5, 0.6) is 0 Å². The minimum absolute atomic E-state index is 0.0437. The number of benzene rings is 1. The van der Waals surface area contributed by atoms with Crippen LogP contribution in [-0.4, -0.2) is 44.8 Å². The number of aryl methyl sites for hydroxylation is 2. The SMILES string of the molecule is Cc1nc([C@H]2CCN(C(=O)c3ccccn3)C2)nc(C)c1CC(=O)Nc1ccc(F)cc1. The number of rotatable bonds is 5. The van der Waals surface area contributed by atoms with Crippen molar-refractivity contribution in [2.24, 2.45) is 0 Å². The molecule has 1 atom stereocenters. The molecule has 3 heterocycles. The lowest BCUT2D eigenvalue weighted by Crippen LogP contribution is -2.29. The van der Waals surface area contributed by atoms with Gasteiger partial charge >= 0.3 is 0 Å². The fraction of sp³-hybridized carbons (Fsp3) is 0.292. The van der Waals surface area contributed by atoms with Crippen LogP contribution in [0.25, 0.3) is 0 Å². The van der Waals surface area contributed by atoms with Gasteiger partial charge in [-0.25, -0.2) is 14.4 Å². The van der Waals surface area contributed by atoms with Crippen molar-refractivity contribution in [3.63, 3.8) is 0 Å². The first-order chi connectivity index (χ1) is 15.4. The van der Waals surface area contributed by atoms with Crippen LogP contribution in [-0.2, 0) is 11.2 Å². The molecule has 0 bridgehead atoms. The summed E-state index contributed by atoms with van der Waals surface area (Å²) in [6, 6.07) is 10.9. The quantitative estimate of drug-likeness (QED) is 0.666. The number of hydrogen-bond donors (Lipinski definition) is 1. The molecule has 7 nitrogen and oxygen atoms in total. The Morgan fingerprint density at radius 3 is 2.47 bits per heavy atom. The number of likely N-dealkylation sites (tertiary alicyclic amines) is 1. The van der Waals surface area contributed by atoms with Crippen LogP contribution in [0.2, 0.25) is 0 Å². The Labute approximate surface area is 185 Å². The Morgan fingerprint density at radius 2 is 1.81 bits per heavy atom. The second-order valence-corrected chi connectivity index (χ2v) is 7.91. The van der Waals surface area contributed by atoms with Crippen molar-refractivity contribution < 1.29 is 14.0 Å². The number of carbonyl (C=O) groups is 2. The summed E-state index contributed by atoms with van der Waals surface area (Å²) >= 11 is 0. The molecule has 164 valence electrons. The minimum atomic E-state index is -0.356. The fourth-order valence-electron chi connectivity index (χ4n) is 3.91. The molecule has 32 heavy (non-hydrogen) atoms. The average molecular weight is 433 g/mol. The van der Waals surface area contributed by atoms with Crippen molar-refractivity contribution >= 4 is 17.5 Å². The molecule has 2 amide bonds. The molecule has 3 aromatic rings. The molecule has 0 spiro atoms. The number of carbonyl (C=O) groups excluding carboxylic acids is 2. The number of nitrogens with one attached hydrogen (secondary N) is 1. The first-order valence-corrected chi connectivity index (χ1v) is 10.5. The van der Waals surface area contributed by atoms with Gasteiger partial charge in [-0.05, 0) is 56.7 Å². The molecule has 1 fully saturated rings. The Kier molecular flexibility index (Phi) is 6.20. The number of aromatic nitrogens is 3. The summed E-state index contributed by atoms with van der Waals surface area (Å²) < 4.78 is 13.0. The molecule has 0 aliphatic carbocycles. The predicted molar refractivity (Wildman–Crippen MR) is 118 cm³/mol. The first kappa shape index (κ1) is 21.5. The third-order valence-electron chi connectivity index (χ3n) is 5.63. The van der Waals surface area contributed by atoms with E-state index in [1.807, 2.05) is 13.8 Å². The van der Waals surface area contributed by atoms with Gasteiger partial charge in [0.05, 0.1) is 6.42 Å². The smallest absolute Gasteiger partial charge is 0.272 e. The van der Waals surface area contributed by atoms with Crippen molar-refractivity contribution in [1.82, 2.24) is 19.9 Å². The van der Waals surface area contributed by atoms with Gasteiger partial charge in [-0.3, -0.25) is 14.6 Å². The van der Waals surface area contributed by atoms with E-state index in [4.69, 9.17) is 0 Å². The molecule has 1 aromatic carbocycles. The lowest BCUT2D eigenvalue weighted by Gasteiger charge is -2.17. The van der Waals surface area contributed by atoms with E-state index in [1.165, 1.54) is 24.3 Å². The van der Waals surface area contributed by atoms with Crippen LogP contribution >= 0.6 is 0 Å². The molecule has 2 aromatic heterocycles. The number of halogens is 1. The van der Waals surface area contributed by atoms with E-state index in [0.29, 0.717) is 30.3 Å². The first-order valence-electron chi connectivity index (χ1n) is 10.5. The van der Waals surface area contributed by atoms with Gasteiger partial charge in [0.1, 0.15) is 17.3 Å². The molecule has 8 heteroatoms. The third-order valence-corrected chi connectivity index (χ3v) is 5.63. The molecule has 1 aliphatic rings. The summed E-state index contributed by atoms with van der Waals surface area (Å²) in [5, 5.41) is 2.76. The van der Waals surface area contributed by atoms with Gasteiger partial charge < -0.3 is 10.2 Å². The van der Waals surface area contributed by atoms with Gasteiger partial charge in [0.25, 0.3) is 5.91 Å². The third kappa shape index (κ3) is 4.80. The van der Waals surface area contributed by atoms with Gasteiger partial charge in [0.15, 0.2) is 0 Å². The Balaban J connectivity index is 1.43. The largest absolute Gasteiger partial charge is 0.337 e. The molecule has 1 saturated heterocycles. The molecule has 0 unspecified atom stereocenters. The van der Waals surface area contributed by atoms with E-state index in [-0.39, 0.29) is 30.0 Å². The number of amides is 2. The maximum atomic E-state index is 13.0. The van der Waals surface area contributed by atoms with Gasteiger partial charge in [0.2, 0.25) is 5.91 Å². The minimum Gasteiger partial charge on any atom is -0.337 e. The zero-order chi connectivity index (χ0) is 22.7. The summed E-state index contributed by atoms with van der Waals surface area (Å²) in [5.41, 5.74) is 3.23. The van der Waals surface area contributed by atoms with Crippen molar-refractivity contribution in [3.05, 3.63) is 82.9 Å². The van der Waals surface area contributed by atoms with Crippen molar-refractivity contribution in [2.45, 2.75) is 32.6 Å². The lowest BCUT2D eigenvalue weighted by molar-refractivity contribution is -0.115. The number of hydrogen-bond acceptors (Lipinski definition) is 5. The summed E-state index contributed by atoms with van der Waals surface area (Å²) in [6.45, 7) is 4.90. The maximum Gasteiger partial charge on any atom is 0.272 e. The molecule has 0 saturated carbocycles. The van der Waals surface area contributed by atoms with Crippen molar-refractivity contribution in [1.29, 1.82) is 0 Å². The monoisotopic (exact) mass is 433 g/mol. The summed E-state index contributed by atoms with van der Waals surface area (Å²) in [6.07, 6.45) is 2.52. The average Bonchev–Trinajstić information content (AvgIpc) is 3.28. The van der Waals surface area contributed by atoms with E-state index in [9.17, 15) is 14.0 Å². The van der Waals surface area contributed by atoms with E-state index in [0.717, 1.165) is 23.4 Å². The van der Waals surface area contributed by atoms with Crippen molar-refractivity contribution in [3.8, 4) is 0 Å². The highest BCUT2D eigenvalue weighted by atomic mass is 19.1. The number of anilines is 1. The Hall–Kier alpha value is -3.68. The van der Waals surface area contributed by atoms with Crippen LogP contribution in [0.15, 0.2) is 48.7 Å². The Bertz CT molecular complexity index is 1110. The van der Waals surface area contributed by atoms with Crippen LogP contribution in [0.3, 0.4) is 0 Å². The normalized spacial score (nSPS) is 15.6. The molecule has 1 N–H and O–H groups in total. The molecular weight excluding hydrogens is 409 g/mol. The predicted octanol–water partition coefficient (Wildman–Crippen LogP) is 3.44. The number of pyridine rings is 1. The second kappa shape index (κ2) is 9.21. The van der Waals surface area contributed by atoms with Gasteiger partial charge in [-0.2, -0.15) is 0 Å². The zero-order valence-electron chi connectivity index (χ0n) is 18.0. The number of nitrogens with zero attached hydrogens (tertiary/aromatic N) is 4. The summed E-state index contributed by atoms with van der Waals surface area (Å²) in [4.78, 5) is 40.4. The van der Waals surface area contributed by atoms with Gasteiger partial charge in [-0.15, -0.1) is 0 Å². The zero-order valence-corrected chi connectivity index (χ0v) is 18.0. The highest BCUT2D eigenvalue weighted by Gasteiger charge is 2.30. The molecule has 4 rings (SSSR count). The molecule has 0 radical (unpaired) electrons. The fourth-order valence-corrected chi connectivity index (χ4v) is 3.91. The molecular formula is C24H24FN5O2. The summed E-state index contributed by atoms with van der Waals surface area (Å²) in [5.74, 6) is 0.0786. The topological polar surface area (TPSA) is 88.1 Å². The Morgan fingerprint density at radius 1 is 1.09 bits per heavy atom. The van der Waals surface area contributed by atoms with E-state index in [2.05, 4.69) is 20.3 Å². The standard InChI is InChI=1S/C24H24FN5O2/c1-15-20(13-22(31)29-19-8-6-18(25)7-9-19)16(2)28-23(27-15)17-10-12-30(14-17)24(32)21-5-3-4-11-26-21/h3-9,11,17H,10,12-14H2,1-2H3,(H,29,31)/t17-/m0/s1. The van der Waals surface area contributed by atoms with Gasteiger partial charge in [0, 0.05) is 47.8 Å². The summed E-state index contributed by atoms with van der Waals surface area (Å²) in [7, 11) is 0. The van der Waals surface area contributed by atoms with Crippen LogP contribution in [0, 0.1) is 19.7 Å². The second-order valence-electron chi connectivity index (χ2n) is 7.91. The lowest BCUT2D eigenvalue weighted by atomic mass is 10.0. The van der Waals surface area contributed by atoms with Crippen LogP contribution < -0.4 is 5.32 Å². The van der Waals surface area contributed by atoms with E-state index >= 15 is 0 Å². The highest BCUT2D eigenvalue weighted by molar-refractivity contribution is 5.93. The van der Waals surface area contributed by atoms with Crippen LogP contribution in [0.1, 0.15) is 45.6 Å².